The molecule has 3 fully saturated rings. The SMILES string of the molecule is C=C(C)N(C(=C)/C(C)=C/C1=C(CCCC)C=C(c2ccc(F)cc2)C1)C1C2CCCS23CC13. The molecule has 1 aromatic rings. The molecule has 4 aliphatic rings. The lowest BCUT2D eigenvalue weighted by atomic mass is 9.98. The first-order valence-corrected chi connectivity index (χ1v) is 14.7. The van der Waals surface area contributed by atoms with Gasteiger partial charge in [0, 0.05) is 21.9 Å². The van der Waals surface area contributed by atoms with Crippen LogP contribution in [0.4, 0.5) is 4.39 Å². The van der Waals surface area contributed by atoms with E-state index in [-0.39, 0.29) is 15.8 Å². The Morgan fingerprint density at radius 1 is 1.18 bits per heavy atom. The average Bonchev–Trinajstić information content (AvgIpc) is 3.03. The minimum absolute atomic E-state index is 0.177. The zero-order valence-electron chi connectivity index (χ0n) is 20.5. The van der Waals surface area contributed by atoms with Crippen LogP contribution >= 0.6 is 10.0 Å². The van der Waals surface area contributed by atoms with E-state index < -0.39 is 0 Å². The highest BCUT2D eigenvalue weighted by atomic mass is 32.3. The number of hydrogen-bond donors (Lipinski definition) is 0. The monoisotopic (exact) mass is 463 g/mol. The third kappa shape index (κ3) is 3.87. The molecule has 0 saturated carbocycles. The summed E-state index contributed by atoms with van der Waals surface area (Å²) in [6.45, 7) is 15.6. The Hall–Kier alpha value is -2.00. The average molecular weight is 464 g/mol. The molecular formula is C30H38FNS. The fourth-order valence-corrected chi connectivity index (χ4v) is 12.1. The number of hydrogen-bond acceptors (Lipinski definition) is 1. The third-order valence-electron chi connectivity index (χ3n) is 8.34. The van der Waals surface area contributed by atoms with Gasteiger partial charge in [-0.2, -0.15) is 0 Å². The molecule has 5 rings (SSSR count). The standard InChI is InChI=1S/C30H38FNS/c1-6-7-9-24-17-26(23-11-13-27(31)14-12-23)18-25(24)16-21(4)22(5)32(20(2)3)30-28-10-8-15-33(28)19-29(30)33/h11-14,16-17,28-30H,2,5-10,15,18-19H2,1,3-4H3/b21-16+. The van der Waals surface area contributed by atoms with E-state index in [0.717, 1.165) is 40.3 Å². The Morgan fingerprint density at radius 3 is 2.64 bits per heavy atom. The molecule has 3 saturated heterocycles. The van der Waals surface area contributed by atoms with Gasteiger partial charge in [-0.25, -0.2) is 14.4 Å². The first kappa shape index (κ1) is 22.8. The smallest absolute Gasteiger partial charge is 0.123 e. The van der Waals surface area contributed by atoms with Crippen molar-refractivity contribution in [1.82, 2.24) is 4.90 Å². The van der Waals surface area contributed by atoms with Gasteiger partial charge in [-0.3, -0.25) is 0 Å². The van der Waals surface area contributed by atoms with Crippen LogP contribution in [0.3, 0.4) is 0 Å². The summed E-state index contributed by atoms with van der Waals surface area (Å²) in [6.07, 6.45) is 11.9. The molecule has 3 heteroatoms. The highest BCUT2D eigenvalue weighted by Gasteiger charge is 2.72. The second-order valence-corrected chi connectivity index (χ2v) is 14.4. The molecule has 176 valence electrons. The predicted molar refractivity (Wildman–Crippen MR) is 143 cm³/mol. The zero-order valence-corrected chi connectivity index (χ0v) is 21.3. The van der Waals surface area contributed by atoms with E-state index in [9.17, 15) is 4.39 Å². The van der Waals surface area contributed by atoms with Gasteiger partial charge in [-0.05, 0) is 97.4 Å². The fraction of sp³-hybridized carbons (Fsp3) is 0.467. The Labute approximate surface area is 201 Å². The Kier molecular flexibility index (Phi) is 5.97. The van der Waals surface area contributed by atoms with Crippen LogP contribution in [0, 0.1) is 5.82 Å². The van der Waals surface area contributed by atoms with Crippen molar-refractivity contribution in [2.24, 2.45) is 0 Å². The predicted octanol–water partition coefficient (Wildman–Crippen LogP) is 8.13. The first-order chi connectivity index (χ1) is 15.9. The van der Waals surface area contributed by atoms with Gasteiger partial charge in [0.05, 0.1) is 6.04 Å². The maximum absolute atomic E-state index is 13.4. The maximum atomic E-state index is 13.4. The number of halogens is 1. The Morgan fingerprint density at radius 2 is 1.94 bits per heavy atom. The summed E-state index contributed by atoms with van der Waals surface area (Å²) in [4.78, 5) is 2.50. The minimum atomic E-state index is -0.235. The molecule has 1 nitrogen and oxygen atoms in total. The van der Waals surface area contributed by atoms with E-state index in [1.807, 2.05) is 12.1 Å². The summed E-state index contributed by atoms with van der Waals surface area (Å²) in [6, 6.07) is 7.58. The van der Waals surface area contributed by atoms with Gasteiger partial charge in [0.2, 0.25) is 0 Å². The van der Waals surface area contributed by atoms with Gasteiger partial charge in [0.25, 0.3) is 0 Å². The van der Waals surface area contributed by atoms with Gasteiger partial charge >= 0.3 is 0 Å². The number of rotatable bonds is 9. The van der Waals surface area contributed by atoms with Crippen molar-refractivity contribution in [3.63, 3.8) is 0 Å². The van der Waals surface area contributed by atoms with Crippen molar-refractivity contribution in [2.45, 2.75) is 75.8 Å². The van der Waals surface area contributed by atoms with Crippen molar-refractivity contribution in [2.75, 3.05) is 11.5 Å². The van der Waals surface area contributed by atoms with Crippen LogP contribution in [0.1, 0.15) is 64.9 Å². The van der Waals surface area contributed by atoms with E-state index >= 15 is 0 Å². The van der Waals surface area contributed by atoms with E-state index in [0.29, 0.717) is 6.04 Å². The summed E-state index contributed by atoms with van der Waals surface area (Å²) < 4.78 is 13.4. The van der Waals surface area contributed by atoms with E-state index in [2.05, 4.69) is 51.0 Å². The molecular weight excluding hydrogens is 425 g/mol. The van der Waals surface area contributed by atoms with Crippen molar-refractivity contribution in [1.29, 1.82) is 0 Å². The second kappa shape index (κ2) is 8.65. The fourth-order valence-electron chi connectivity index (χ4n) is 6.56. The van der Waals surface area contributed by atoms with Gasteiger partial charge in [-0.1, -0.05) is 50.8 Å². The van der Waals surface area contributed by atoms with Gasteiger partial charge in [0.1, 0.15) is 5.82 Å². The molecule has 3 heterocycles. The molecule has 0 N–H and O–H groups in total. The van der Waals surface area contributed by atoms with E-state index in [1.165, 1.54) is 59.5 Å². The number of benzene rings is 1. The summed E-state index contributed by atoms with van der Waals surface area (Å²) in [7, 11) is -0.235. The van der Waals surface area contributed by atoms with Crippen LogP contribution in [-0.4, -0.2) is 32.9 Å². The Bertz CT molecular complexity index is 1080. The molecule has 4 unspecified atom stereocenters. The highest BCUT2D eigenvalue weighted by Crippen LogP contribution is 2.86. The molecule has 0 radical (unpaired) electrons. The number of unbranched alkanes of at least 4 members (excludes halogenated alkanes) is 1. The molecule has 33 heavy (non-hydrogen) atoms. The van der Waals surface area contributed by atoms with Crippen LogP contribution in [0.15, 0.2) is 77.7 Å². The molecule has 1 aliphatic carbocycles. The molecule has 3 aliphatic heterocycles. The summed E-state index contributed by atoms with van der Waals surface area (Å²) in [5.41, 5.74) is 8.76. The van der Waals surface area contributed by atoms with Gasteiger partial charge < -0.3 is 4.90 Å². The number of allylic oxidation sites excluding steroid dienone is 7. The normalized spacial score (nSPS) is 31.8. The zero-order chi connectivity index (χ0) is 23.3. The minimum Gasteiger partial charge on any atom is -0.341 e. The maximum Gasteiger partial charge on any atom is 0.123 e. The van der Waals surface area contributed by atoms with Crippen LogP contribution in [0.2, 0.25) is 0 Å². The van der Waals surface area contributed by atoms with Crippen molar-refractivity contribution in [3.05, 3.63) is 89.1 Å². The lowest BCUT2D eigenvalue weighted by Crippen LogP contribution is -2.51. The highest BCUT2D eigenvalue weighted by molar-refractivity contribution is 8.42. The van der Waals surface area contributed by atoms with Crippen LogP contribution in [0.5, 0.6) is 0 Å². The lowest BCUT2D eigenvalue weighted by Gasteiger charge is -2.50. The lowest BCUT2D eigenvalue weighted by molar-refractivity contribution is 0.303. The van der Waals surface area contributed by atoms with E-state index in [4.69, 9.17) is 0 Å². The van der Waals surface area contributed by atoms with Crippen molar-refractivity contribution < 1.29 is 4.39 Å². The number of nitrogens with zero attached hydrogens (tertiary/aromatic N) is 1. The van der Waals surface area contributed by atoms with Crippen LogP contribution in [0.25, 0.3) is 5.57 Å². The van der Waals surface area contributed by atoms with Crippen molar-refractivity contribution >= 4 is 15.6 Å². The summed E-state index contributed by atoms with van der Waals surface area (Å²) in [5, 5.41) is 1.85. The third-order valence-corrected chi connectivity index (χ3v) is 13.3. The van der Waals surface area contributed by atoms with Crippen LogP contribution in [-0.2, 0) is 0 Å². The molecule has 1 aromatic carbocycles. The largest absolute Gasteiger partial charge is 0.341 e. The van der Waals surface area contributed by atoms with Crippen LogP contribution < -0.4 is 0 Å². The summed E-state index contributed by atoms with van der Waals surface area (Å²) >= 11 is 0. The quantitative estimate of drug-likeness (QED) is 0.264. The van der Waals surface area contributed by atoms with Gasteiger partial charge in [0.15, 0.2) is 0 Å². The molecule has 0 aromatic heterocycles. The molecule has 1 spiro atoms. The molecule has 4 atom stereocenters. The molecule has 0 bridgehead atoms. The second-order valence-electron chi connectivity index (χ2n) is 10.5. The topological polar surface area (TPSA) is 3.24 Å². The van der Waals surface area contributed by atoms with Gasteiger partial charge in [-0.15, -0.1) is 0 Å². The molecule has 0 amide bonds. The first-order valence-electron chi connectivity index (χ1n) is 12.6. The Balaban J connectivity index is 1.37. The summed E-state index contributed by atoms with van der Waals surface area (Å²) in [5.74, 6) is 2.85. The van der Waals surface area contributed by atoms with E-state index in [1.54, 1.807) is 12.1 Å². The van der Waals surface area contributed by atoms with Crippen molar-refractivity contribution in [3.8, 4) is 0 Å².